The molecule has 0 aliphatic heterocycles. The van der Waals surface area contributed by atoms with E-state index in [1.54, 1.807) is 35.7 Å². The lowest BCUT2D eigenvalue weighted by molar-refractivity contribution is -0.140. The van der Waals surface area contributed by atoms with Crippen LogP contribution in [0.15, 0.2) is 48.5 Å². The molecule has 2 aromatic rings. The van der Waals surface area contributed by atoms with Crippen molar-refractivity contribution in [3.8, 4) is 0 Å². The molecule has 0 bridgehead atoms. The van der Waals surface area contributed by atoms with Gasteiger partial charge in [0, 0.05) is 40.6 Å². The first-order valence-electron chi connectivity index (χ1n) is 11.1. The van der Waals surface area contributed by atoms with Crippen LogP contribution < -0.4 is 5.32 Å². The summed E-state index contributed by atoms with van der Waals surface area (Å²) in [5.74, 6) is 1.39. The highest BCUT2D eigenvalue weighted by Gasteiger charge is 2.28. The minimum absolute atomic E-state index is 0.0503. The molecule has 1 aliphatic rings. The molecular formula is C25H30Cl2N2O2S. The molecule has 0 unspecified atom stereocenters. The van der Waals surface area contributed by atoms with Gasteiger partial charge in [-0.1, -0.05) is 72.4 Å². The van der Waals surface area contributed by atoms with E-state index in [0.717, 1.165) is 37.0 Å². The summed E-state index contributed by atoms with van der Waals surface area (Å²) in [7, 11) is 0. The Morgan fingerprint density at radius 2 is 1.84 bits per heavy atom. The predicted octanol–water partition coefficient (Wildman–Crippen LogP) is 6.09. The number of nitrogens with one attached hydrogen (secondary N) is 1. The third-order valence-corrected chi connectivity index (χ3v) is 7.41. The average Bonchev–Trinajstić information content (AvgIpc) is 3.29. The summed E-state index contributed by atoms with van der Waals surface area (Å²) >= 11 is 14.1. The monoisotopic (exact) mass is 492 g/mol. The van der Waals surface area contributed by atoms with Gasteiger partial charge in [-0.05, 0) is 43.0 Å². The van der Waals surface area contributed by atoms with E-state index in [4.69, 9.17) is 23.2 Å². The zero-order valence-electron chi connectivity index (χ0n) is 18.4. The molecular weight excluding hydrogens is 463 g/mol. The fourth-order valence-electron chi connectivity index (χ4n) is 3.88. The highest BCUT2D eigenvalue weighted by Crippen LogP contribution is 2.24. The summed E-state index contributed by atoms with van der Waals surface area (Å²) in [6.45, 7) is 2.07. The number of amides is 2. The molecule has 2 amide bonds. The zero-order valence-corrected chi connectivity index (χ0v) is 20.7. The van der Waals surface area contributed by atoms with Crippen molar-refractivity contribution in [2.75, 3.05) is 5.75 Å². The minimum atomic E-state index is -0.575. The Morgan fingerprint density at radius 1 is 1.12 bits per heavy atom. The second-order valence-corrected chi connectivity index (χ2v) is 10.2. The highest BCUT2D eigenvalue weighted by atomic mass is 35.5. The maximum atomic E-state index is 13.2. The molecule has 0 radical (unpaired) electrons. The van der Waals surface area contributed by atoms with E-state index in [0.29, 0.717) is 22.2 Å². The summed E-state index contributed by atoms with van der Waals surface area (Å²) in [4.78, 5) is 27.7. The fraction of sp³-hybridized carbons (Fsp3) is 0.440. The lowest BCUT2D eigenvalue weighted by Gasteiger charge is -2.30. The summed E-state index contributed by atoms with van der Waals surface area (Å²) < 4.78 is 0. The van der Waals surface area contributed by atoms with E-state index in [-0.39, 0.29) is 24.4 Å². The largest absolute Gasteiger partial charge is 0.352 e. The summed E-state index contributed by atoms with van der Waals surface area (Å²) in [6, 6.07) is 15.1. The van der Waals surface area contributed by atoms with Crippen LogP contribution in [-0.2, 0) is 21.9 Å². The van der Waals surface area contributed by atoms with Crippen LogP contribution in [0.25, 0.3) is 0 Å². The number of nitrogens with zero attached hydrogens (tertiary/aromatic N) is 1. The van der Waals surface area contributed by atoms with E-state index in [9.17, 15) is 9.59 Å². The van der Waals surface area contributed by atoms with Crippen molar-refractivity contribution in [1.29, 1.82) is 0 Å². The van der Waals surface area contributed by atoms with Gasteiger partial charge in [-0.15, -0.1) is 0 Å². The van der Waals surface area contributed by atoms with Gasteiger partial charge >= 0.3 is 0 Å². The molecule has 0 spiro atoms. The van der Waals surface area contributed by atoms with Crippen LogP contribution in [-0.4, -0.2) is 34.6 Å². The maximum absolute atomic E-state index is 13.2. The van der Waals surface area contributed by atoms with Crippen molar-refractivity contribution in [2.24, 2.45) is 0 Å². The standard InChI is InChI=1S/C25H30Cl2N2O2S/c1-18(25(31)28-22-9-5-6-10-22)29(16-20-11-12-21(26)15-23(20)27)24(30)13-14-32-17-19-7-3-2-4-8-19/h2-4,7-8,11-12,15,18,22H,5-6,9-10,13-14,16-17H2,1H3,(H,28,31)/t18-/m1/s1. The Balaban J connectivity index is 1.63. The van der Waals surface area contributed by atoms with E-state index >= 15 is 0 Å². The average molecular weight is 494 g/mol. The van der Waals surface area contributed by atoms with Crippen LogP contribution in [0.3, 0.4) is 0 Å². The second-order valence-electron chi connectivity index (χ2n) is 8.21. The van der Waals surface area contributed by atoms with Crippen molar-refractivity contribution in [3.05, 3.63) is 69.7 Å². The molecule has 1 atom stereocenters. The van der Waals surface area contributed by atoms with Gasteiger partial charge in [-0.25, -0.2) is 0 Å². The van der Waals surface area contributed by atoms with Crippen LogP contribution in [0.1, 0.15) is 50.2 Å². The topological polar surface area (TPSA) is 49.4 Å². The predicted molar refractivity (Wildman–Crippen MR) is 134 cm³/mol. The molecule has 1 N–H and O–H groups in total. The third-order valence-electron chi connectivity index (χ3n) is 5.80. The SMILES string of the molecule is C[C@H](C(=O)NC1CCCC1)N(Cc1ccc(Cl)cc1Cl)C(=O)CCSCc1ccccc1. The number of hydrogen-bond donors (Lipinski definition) is 1. The molecule has 7 heteroatoms. The number of thioether (sulfide) groups is 1. The van der Waals surface area contributed by atoms with Gasteiger partial charge in [-0.2, -0.15) is 11.8 Å². The number of hydrogen-bond acceptors (Lipinski definition) is 3. The first-order chi connectivity index (χ1) is 15.4. The zero-order chi connectivity index (χ0) is 22.9. The third kappa shape index (κ3) is 7.43. The molecule has 1 fully saturated rings. The van der Waals surface area contributed by atoms with Crippen molar-refractivity contribution < 1.29 is 9.59 Å². The molecule has 1 saturated carbocycles. The number of benzene rings is 2. The van der Waals surface area contributed by atoms with Crippen molar-refractivity contribution in [3.63, 3.8) is 0 Å². The van der Waals surface area contributed by atoms with E-state index in [1.165, 1.54) is 5.56 Å². The Hall–Kier alpha value is -1.69. The Kier molecular flexibility index (Phi) is 9.76. The number of carbonyl (C=O) groups is 2. The first kappa shape index (κ1) is 24.9. The lowest BCUT2D eigenvalue weighted by Crippen LogP contribution is -2.49. The van der Waals surface area contributed by atoms with Gasteiger partial charge in [-0.3, -0.25) is 9.59 Å². The molecule has 0 heterocycles. The van der Waals surface area contributed by atoms with E-state index in [1.807, 2.05) is 24.3 Å². The van der Waals surface area contributed by atoms with Gasteiger partial charge in [0.05, 0.1) is 0 Å². The molecule has 2 aromatic carbocycles. The van der Waals surface area contributed by atoms with Crippen molar-refractivity contribution >= 4 is 46.8 Å². The van der Waals surface area contributed by atoms with Gasteiger partial charge in [0.2, 0.25) is 11.8 Å². The van der Waals surface area contributed by atoms with Crippen LogP contribution in [0.2, 0.25) is 10.0 Å². The molecule has 32 heavy (non-hydrogen) atoms. The van der Waals surface area contributed by atoms with Gasteiger partial charge in [0.25, 0.3) is 0 Å². The normalized spacial score (nSPS) is 14.8. The van der Waals surface area contributed by atoms with Crippen molar-refractivity contribution in [2.45, 2.75) is 63.4 Å². The Morgan fingerprint density at radius 3 is 2.53 bits per heavy atom. The Labute approximate surface area is 205 Å². The van der Waals surface area contributed by atoms with Crippen LogP contribution in [0, 0.1) is 0 Å². The summed E-state index contributed by atoms with van der Waals surface area (Å²) in [6.07, 6.45) is 4.66. The smallest absolute Gasteiger partial charge is 0.242 e. The maximum Gasteiger partial charge on any atom is 0.242 e. The minimum Gasteiger partial charge on any atom is -0.352 e. The summed E-state index contributed by atoms with van der Waals surface area (Å²) in [5.41, 5.74) is 2.01. The first-order valence-corrected chi connectivity index (χ1v) is 13.0. The lowest BCUT2D eigenvalue weighted by atomic mass is 10.1. The highest BCUT2D eigenvalue weighted by molar-refractivity contribution is 7.98. The second kappa shape index (κ2) is 12.5. The van der Waals surface area contributed by atoms with E-state index in [2.05, 4.69) is 17.4 Å². The van der Waals surface area contributed by atoms with Gasteiger partial charge in [0.1, 0.15) is 6.04 Å². The number of rotatable bonds is 10. The summed E-state index contributed by atoms with van der Waals surface area (Å²) in [5, 5.41) is 4.16. The molecule has 4 nitrogen and oxygen atoms in total. The quantitative estimate of drug-likeness (QED) is 0.408. The molecule has 0 aromatic heterocycles. The van der Waals surface area contributed by atoms with E-state index < -0.39 is 6.04 Å². The van der Waals surface area contributed by atoms with Gasteiger partial charge < -0.3 is 10.2 Å². The Bertz CT molecular complexity index is 904. The molecule has 0 saturated heterocycles. The van der Waals surface area contributed by atoms with Crippen LogP contribution >= 0.6 is 35.0 Å². The number of halogens is 2. The van der Waals surface area contributed by atoms with Gasteiger partial charge in [0.15, 0.2) is 0 Å². The fourth-order valence-corrected chi connectivity index (χ4v) is 5.24. The number of carbonyl (C=O) groups excluding carboxylic acids is 2. The van der Waals surface area contributed by atoms with Crippen LogP contribution in [0.5, 0.6) is 0 Å². The molecule has 172 valence electrons. The molecule has 1 aliphatic carbocycles. The van der Waals surface area contributed by atoms with Crippen LogP contribution in [0.4, 0.5) is 0 Å². The molecule has 3 rings (SSSR count). The van der Waals surface area contributed by atoms with Crippen molar-refractivity contribution in [1.82, 2.24) is 10.2 Å².